The Morgan fingerprint density at radius 3 is 2.37 bits per heavy atom. The highest BCUT2D eigenvalue weighted by Crippen LogP contribution is 2.16. The van der Waals surface area contributed by atoms with Gasteiger partial charge in [0.2, 0.25) is 0 Å². The number of aliphatic hydroxyl groups is 2. The number of aryl methyl sites for hydroxylation is 2. The van der Waals surface area contributed by atoms with Gasteiger partial charge in [0, 0.05) is 6.54 Å². The average molecular weight is 267 g/mol. The Labute approximate surface area is 112 Å². The summed E-state index contributed by atoms with van der Waals surface area (Å²) in [7, 11) is 0. The molecule has 1 rings (SSSR count). The van der Waals surface area contributed by atoms with Crippen molar-refractivity contribution in [2.45, 2.75) is 39.0 Å². The SMILES string of the molecule is Cc1ccc(C(O)CNC(C(=O)O)C(C)O)cc1C. The molecule has 19 heavy (non-hydrogen) atoms. The smallest absolute Gasteiger partial charge is 0.323 e. The van der Waals surface area contributed by atoms with Crippen LogP contribution in [0, 0.1) is 13.8 Å². The van der Waals surface area contributed by atoms with Crippen molar-refractivity contribution in [2.75, 3.05) is 6.54 Å². The van der Waals surface area contributed by atoms with Gasteiger partial charge in [-0.15, -0.1) is 0 Å². The fourth-order valence-corrected chi connectivity index (χ4v) is 1.79. The van der Waals surface area contributed by atoms with Crippen LogP contribution >= 0.6 is 0 Å². The van der Waals surface area contributed by atoms with Crippen LogP contribution in [0.15, 0.2) is 18.2 Å². The number of hydrogen-bond donors (Lipinski definition) is 4. The predicted molar refractivity (Wildman–Crippen MR) is 72.0 cm³/mol. The molecule has 5 nitrogen and oxygen atoms in total. The normalized spacial score (nSPS) is 15.8. The van der Waals surface area contributed by atoms with E-state index in [1.54, 1.807) is 0 Å². The van der Waals surface area contributed by atoms with E-state index >= 15 is 0 Å². The molecule has 0 aliphatic heterocycles. The first-order chi connectivity index (χ1) is 8.82. The number of rotatable bonds is 6. The lowest BCUT2D eigenvalue weighted by atomic mass is 10.0. The Bertz CT molecular complexity index is 445. The van der Waals surface area contributed by atoms with Gasteiger partial charge in [-0.05, 0) is 37.5 Å². The molecule has 0 fully saturated rings. The minimum absolute atomic E-state index is 0.0738. The number of aliphatic hydroxyl groups excluding tert-OH is 2. The molecule has 1 aromatic carbocycles. The van der Waals surface area contributed by atoms with E-state index < -0.39 is 24.2 Å². The minimum Gasteiger partial charge on any atom is -0.480 e. The second kappa shape index (κ2) is 6.65. The molecule has 0 aromatic heterocycles. The summed E-state index contributed by atoms with van der Waals surface area (Å²) in [6.07, 6.45) is -1.83. The number of aliphatic carboxylic acids is 1. The summed E-state index contributed by atoms with van der Waals surface area (Å²) in [5, 5.41) is 30.9. The number of carboxylic acid groups (broad SMARTS) is 1. The summed E-state index contributed by atoms with van der Waals surface area (Å²) >= 11 is 0. The van der Waals surface area contributed by atoms with Crippen LogP contribution in [0.3, 0.4) is 0 Å². The molecule has 0 bridgehead atoms. The predicted octanol–water partition coefficient (Wildman–Crippen LogP) is 0.760. The molecule has 3 unspecified atom stereocenters. The van der Waals surface area contributed by atoms with Crippen molar-refractivity contribution in [3.8, 4) is 0 Å². The molecular formula is C14H21NO4. The zero-order valence-electron chi connectivity index (χ0n) is 11.4. The Morgan fingerprint density at radius 2 is 1.89 bits per heavy atom. The molecule has 0 aliphatic rings. The van der Waals surface area contributed by atoms with E-state index in [4.69, 9.17) is 5.11 Å². The molecule has 1 aromatic rings. The van der Waals surface area contributed by atoms with Crippen LogP contribution in [0.5, 0.6) is 0 Å². The van der Waals surface area contributed by atoms with Crippen molar-refractivity contribution < 1.29 is 20.1 Å². The van der Waals surface area contributed by atoms with E-state index in [9.17, 15) is 15.0 Å². The Hall–Kier alpha value is -1.43. The van der Waals surface area contributed by atoms with Gasteiger partial charge in [-0.3, -0.25) is 10.1 Å². The van der Waals surface area contributed by atoms with Crippen LogP contribution in [-0.2, 0) is 4.79 Å². The number of carbonyl (C=O) groups is 1. The lowest BCUT2D eigenvalue weighted by molar-refractivity contribution is -0.142. The van der Waals surface area contributed by atoms with Gasteiger partial charge in [-0.25, -0.2) is 0 Å². The molecule has 0 heterocycles. The molecule has 0 amide bonds. The van der Waals surface area contributed by atoms with Gasteiger partial charge in [-0.1, -0.05) is 18.2 Å². The lowest BCUT2D eigenvalue weighted by Crippen LogP contribution is -2.46. The molecular weight excluding hydrogens is 246 g/mol. The molecule has 0 aliphatic carbocycles. The third-order valence-corrected chi connectivity index (χ3v) is 3.20. The van der Waals surface area contributed by atoms with E-state index in [1.807, 2.05) is 32.0 Å². The van der Waals surface area contributed by atoms with E-state index in [2.05, 4.69) is 5.32 Å². The number of carboxylic acids is 1. The fraction of sp³-hybridized carbons (Fsp3) is 0.500. The van der Waals surface area contributed by atoms with Crippen molar-refractivity contribution in [1.82, 2.24) is 5.32 Å². The van der Waals surface area contributed by atoms with E-state index in [1.165, 1.54) is 6.92 Å². The molecule has 0 radical (unpaired) electrons. The number of benzene rings is 1. The third kappa shape index (κ3) is 4.31. The molecule has 0 saturated carbocycles. The molecule has 0 spiro atoms. The molecule has 5 heteroatoms. The van der Waals surface area contributed by atoms with Crippen molar-refractivity contribution in [3.63, 3.8) is 0 Å². The van der Waals surface area contributed by atoms with Gasteiger partial charge in [0.1, 0.15) is 6.04 Å². The molecule has 4 N–H and O–H groups in total. The maximum atomic E-state index is 10.9. The molecule has 3 atom stereocenters. The zero-order valence-corrected chi connectivity index (χ0v) is 11.4. The Balaban J connectivity index is 2.66. The topological polar surface area (TPSA) is 89.8 Å². The highest BCUT2D eigenvalue weighted by molar-refractivity contribution is 5.74. The van der Waals surface area contributed by atoms with Gasteiger partial charge in [0.15, 0.2) is 0 Å². The maximum Gasteiger partial charge on any atom is 0.323 e. The van der Waals surface area contributed by atoms with Crippen molar-refractivity contribution >= 4 is 5.97 Å². The van der Waals surface area contributed by atoms with Gasteiger partial charge >= 0.3 is 5.97 Å². The third-order valence-electron chi connectivity index (χ3n) is 3.20. The fourth-order valence-electron chi connectivity index (χ4n) is 1.79. The highest BCUT2D eigenvalue weighted by atomic mass is 16.4. The van der Waals surface area contributed by atoms with Gasteiger partial charge in [0.05, 0.1) is 12.2 Å². The number of hydrogen-bond acceptors (Lipinski definition) is 4. The molecule has 0 saturated heterocycles. The monoisotopic (exact) mass is 267 g/mol. The Morgan fingerprint density at radius 1 is 1.26 bits per heavy atom. The van der Waals surface area contributed by atoms with E-state index in [0.29, 0.717) is 0 Å². The van der Waals surface area contributed by atoms with E-state index in [-0.39, 0.29) is 6.54 Å². The highest BCUT2D eigenvalue weighted by Gasteiger charge is 2.23. The second-order valence-corrected chi connectivity index (χ2v) is 4.82. The minimum atomic E-state index is -1.14. The van der Waals surface area contributed by atoms with Crippen LogP contribution in [-0.4, -0.2) is 40.0 Å². The average Bonchev–Trinajstić information content (AvgIpc) is 2.31. The quantitative estimate of drug-likeness (QED) is 0.611. The van der Waals surface area contributed by atoms with Gasteiger partial charge in [0.25, 0.3) is 0 Å². The van der Waals surface area contributed by atoms with Gasteiger partial charge in [-0.2, -0.15) is 0 Å². The first-order valence-corrected chi connectivity index (χ1v) is 6.22. The lowest BCUT2D eigenvalue weighted by Gasteiger charge is -2.20. The summed E-state index contributed by atoms with van der Waals surface area (Å²) < 4.78 is 0. The van der Waals surface area contributed by atoms with Crippen molar-refractivity contribution in [3.05, 3.63) is 34.9 Å². The summed E-state index contributed by atoms with van der Waals surface area (Å²) in [4.78, 5) is 10.9. The zero-order chi connectivity index (χ0) is 14.6. The molecule has 106 valence electrons. The van der Waals surface area contributed by atoms with Gasteiger partial charge < -0.3 is 15.3 Å². The maximum absolute atomic E-state index is 10.9. The largest absolute Gasteiger partial charge is 0.480 e. The van der Waals surface area contributed by atoms with Crippen molar-refractivity contribution in [1.29, 1.82) is 0 Å². The summed E-state index contributed by atoms with van der Waals surface area (Å²) in [6.45, 7) is 5.41. The number of nitrogens with one attached hydrogen (secondary N) is 1. The summed E-state index contributed by atoms with van der Waals surface area (Å²) in [5.41, 5.74) is 2.93. The summed E-state index contributed by atoms with van der Waals surface area (Å²) in [6, 6.07) is 4.52. The Kier molecular flexibility index (Phi) is 5.47. The van der Waals surface area contributed by atoms with Crippen LogP contribution < -0.4 is 5.32 Å². The first kappa shape index (κ1) is 15.6. The standard InChI is InChI=1S/C14H21NO4/c1-8-4-5-11(6-9(8)2)12(17)7-15-13(10(3)16)14(18)19/h4-6,10,12-13,15-17H,7H2,1-3H3,(H,18,19). The summed E-state index contributed by atoms with van der Waals surface area (Å²) in [5.74, 6) is -1.14. The second-order valence-electron chi connectivity index (χ2n) is 4.82. The van der Waals surface area contributed by atoms with Crippen molar-refractivity contribution in [2.24, 2.45) is 0 Å². The van der Waals surface area contributed by atoms with E-state index in [0.717, 1.165) is 16.7 Å². The van der Waals surface area contributed by atoms with Crippen LogP contribution in [0.25, 0.3) is 0 Å². The van der Waals surface area contributed by atoms with Crippen LogP contribution in [0.4, 0.5) is 0 Å². The first-order valence-electron chi connectivity index (χ1n) is 6.22. The van der Waals surface area contributed by atoms with Crippen LogP contribution in [0.2, 0.25) is 0 Å². The van der Waals surface area contributed by atoms with Crippen LogP contribution in [0.1, 0.15) is 29.7 Å².